The van der Waals surface area contributed by atoms with Crippen molar-refractivity contribution in [1.82, 2.24) is 4.90 Å². The summed E-state index contributed by atoms with van der Waals surface area (Å²) in [7, 11) is 1.63. The molecule has 1 aromatic carbocycles. The zero-order valence-corrected chi connectivity index (χ0v) is 10.2. The van der Waals surface area contributed by atoms with Gasteiger partial charge in [-0.15, -0.1) is 0 Å². The van der Waals surface area contributed by atoms with Gasteiger partial charge in [0, 0.05) is 31.1 Å². The van der Waals surface area contributed by atoms with Gasteiger partial charge in [-0.05, 0) is 6.07 Å². The molecule has 5 heteroatoms. The summed E-state index contributed by atoms with van der Waals surface area (Å²) in [6.07, 6.45) is 0.483. The van der Waals surface area contributed by atoms with Crippen LogP contribution in [0.3, 0.4) is 0 Å². The number of furan rings is 1. The number of carbonyl (C=O) groups excluding carboxylic acids is 1. The van der Waals surface area contributed by atoms with Gasteiger partial charge in [0.25, 0.3) is 5.91 Å². The van der Waals surface area contributed by atoms with Crippen LogP contribution in [-0.2, 0) is 11.3 Å². The lowest BCUT2D eigenvalue weighted by atomic mass is 10.1. The van der Waals surface area contributed by atoms with E-state index in [9.17, 15) is 9.90 Å². The Hall–Kier alpha value is -1.85. The Morgan fingerprint density at radius 1 is 1.50 bits per heavy atom. The number of benzene rings is 1. The second kappa shape index (κ2) is 5.20. The first-order valence-corrected chi connectivity index (χ1v) is 5.71. The van der Waals surface area contributed by atoms with E-state index in [4.69, 9.17) is 10.2 Å². The van der Waals surface area contributed by atoms with Gasteiger partial charge in [0.1, 0.15) is 11.7 Å². The van der Waals surface area contributed by atoms with Gasteiger partial charge in [-0.1, -0.05) is 18.2 Å². The molecule has 0 saturated heterocycles. The monoisotopic (exact) mass is 248 g/mol. The zero-order valence-electron chi connectivity index (χ0n) is 10.2. The van der Waals surface area contributed by atoms with Crippen molar-refractivity contribution in [3.8, 4) is 0 Å². The average molecular weight is 248 g/mol. The molecule has 3 N–H and O–H groups in total. The topological polar surface area (TPSA) is 79.7 Å². The van der Waals surface area contributed by atoms with E-state index in [1.54, 1.807) is 13.3 Å². The number of amides is 1. The number of para-hydroxylation sites is 1. The molecule has 2 rings (SSSR count). The Bertz CT molecular complexity index is 550. The Morgan fingerprint density at radius 2 is 2.22 bits per heavy atom. The molecule has 18 heavy (non-hydrogen) atoms. The lowest BCUT2D eigenvalue weighted by Gasteiger charge is -2.19. The summed E-state index contributed by atoms with van der Waals surface area (Å²) in [5.41, 5.74) is 6.95. The predicted octanol–water partition coefficient (Wildman–Crippen LogP) is 0.711. The highest BCUT2D eigenvalue weighted by atomic mass is 16.3. The van der Waals surface area contributed by atoms with E-state index in [-0.39, 0.29) is 12.5 Å². The van der Waals surface area contributed by atoms with Crippen LogP contribution in [0.1, 0.15) is 5.56 Å². The van der Waals surface area contributed by atoms with Crippen LogP contribution in [0, 0.1) is 0 Å². The number of hydrogen-bond acceptors (Lipinski definition) is 4. The predicted molar refractivity (Wildman–Crippen MR) is 67.7 cm³/mol. The Labute approximate surface area is 105 Å². The number of likely N-dealkylation sites (N-methyl/N-ethyl adjacent to an activating group) is 1. The summed E-state index contributed by atoms with van der Waals surface area (Å²) in [4.78, 5) is 13.1. The fourth-order valence-corrected chi connectivity index (χ4v) is 1.84. The molecule has 0 aliphatic heterocycles. The summed E-state index contributed by atoms with van der Waals surface area (Å²) in [5.74, 6) is -0.386. The summed E-state index contributed by atoms with van der Waals surface area (Å²) in [5, 5.41) is 10.4. The largest absolute Gasteiger partial charge is 0.464 e. The Balaban J connectivity index is 2.16. The first-order chi connectivity index (χ1) is 8.63. The summed E-state index contributed by atoms with van der Waals surface area (Å²) >= 11 is 0. The molecule has 0 aliphatic carbocycles. The molecule has 1 atom stereocenters. The molecule has 1 aromatic heterocycles. The summed E-state index contributed by atoms with van der Waals surface area (Å²) in [6, 6.07) is 7.61. The molecule has 0 saturated carbocycles. The van der Waals surface area contributed by atoms with Crippen LogP contribution >= 0.6 is 0 Å². The first-order valence-electron chi connectivity index (χ1n) is 5.71. The molecule has 2 aromatic rings. The van der Waals surface area contributed by atoms with Gasteiger partial charge in [0.05, 0.1) is 6.26 Å². The highest BCUT2D eigenvalue weighted by molar-refractivity contribution is 5.83. The fourth-order valence-electron chi connectivity index (χ4n) is 1.84. The van der Waals surface area contributed by atoms with Gasteiger partial charge in [-0.25, -0.2) is 0 Å². The van der Waals surface area contributed by atoms with Crippen LogP contribution in [0.25, 0.3) is 11.0 Å². The molecule has 0 fully saturated rings. The molecule has 0 radical (unpaired) electrons. The lowest BCUT2D eigenvalue weighted by molar-refractivity contribution is -0.138. The SMILES string of the molecule is CN(Cc1coc2ccccc12)C(=O)C(O)CN. The third kappa shape index (κ3) is 2.37. The smallest absolute Gasteiger partial charge is 0.252 e. The van der Waals surface area contributed by atoms with Gasteiger partial charge in [-0.2, -0.15) is 0 Å². The average Bonchev–Trinajstić information content (AvgIpc) is 2.80. The van der Waals surface area contributed by atoms with E-state index in [2.05, 4.69) is 0 Å². The minimum Gasteiger partial charge on any atom is -0.464 e. The van der Waals surface area contributed by atoms with Crippen molar-refractivity contribution in [2.75, 3.05) is 13.6 Å². The van der Waals surface area contributed by atoms with Crippen molar-refractivity contribution in [2.45, 2.75) is 12.6 Å². The Kier molecular flexibility index (Phi) is 3.64. The molecule has 5 nitrogen and oxygen atoms in total. The van der Waals surface area contributed by atoms with E-state index in [1.807, 2.05) is 24.3 Å². The Morgan fingerprint density at radius 3 is 2.94 bits per heavy atom. The van der Waals surface area contributed by atoms with Crippen LogP contribution in [0.15, 0.2) is 34.9 Å². The fraction of sp³-hybridized carbons (Fsp3) is 0.308. The van der Waals surface area contributed by atoms with Gasteiger partial charge in [0.2, 0.25) is 0 Å². The van der Waals surface area contributed by atoms with Crippen molar-refractivity contribution in [2.24, 2.45) is 5.73 Å². The molecular formula is C13H16N2O3. The number of rotatable bonds is 4. The maximum Gasteiger partial charge on any atom is 0.252 e. The number of carbonyl (C=O) groups is 1. The molecule has 1 heterocycles. The summed E-state index contributed by atoms with van der Waals surface area (Å²) in [6.45, 7) is 0.308. The maximum absolute atomic E-state index is 11.7. The third-order valence-corrected chi connectivity index (χ3v) is 2.85. The van der Waals surface area contributed by atoms with E-state index in [1.165, 1.54) is 4.90 Å². The third-order valence-electron chi connectivity index (χ3n) is 2.85. The van der Waals surface area contributed by atoms with Gasteiger partial charge in [0.15, 0.2) is 0 Å². The number of hydrogen-bond donors (Lipinski definition) is 2. The normalized spacial score (nSPS) is 12.6. The number of fused-ring (bicyclic) bond motifs is 1. The van der Waals surface area contributed by atoms with Crippen molar-refractivity contribution in [1.29, 1.82) is 0 Å². The van der Waals surface area contributed by atoms with Crippen molar-refractivity contribution >= 4 is 16.9 Å². The van der Waals surface area contributed by atoms with E-state index in [0.717, 1.165) is 16.5 Å². The first kappa shape index (κ1) is 12.6. The minimum absolute atomic E-state index is 0.0741. The van der Waals surface area contributed by atoms with Crippen molar-refractivity contribution < 1.29 is 14.3 Å². The van der Waals surface area contributed by atoms with Gasteiger partial charge >= 0.3 is 0 Å². The number of aliphatic hydroxyl groups excluding tert-OH is 1. The zero-order chi connectivity index (χ0) is 13.1. The quantitative estimate of drug-likeness (QED) is 0.835. The van der Waals surface area contributed by atoms with E-state index < -0.39 is 6.10 Å². The highest BCUT2D eigenvalue weighted by Gasteiger charge is 2.19. The molecule has 1 unspecified atom stereocenters. The molecule has 0 aliphatic rings. The van der Waals surface area contributed by atoms with Crippen LogP contribution in [-0.4, -0.2) is 35.6 Å². The van der Waals surface area contributed by atoms with Gasteiger partial charge in [-0.3, -0.25) is 4.79 Å². The lowest BCUT2D eigenvalue weighted by Crippen LogP contribution is -2.40. The van der Waals surface area contributed by atoms with Crippen LogP contribution in [0.5, 0.6) is 0 Å². The number of aliphatic hydroxyl groups is 1. The van der Waals surface area contributed by atoms with E-state index in [0.29, 0.717) is 6.54 Å². The molecular weight excluding hydrogens is 232 g/mol. The number of nitrogens with zero attached hydrogens (tertiary/aromatic N) is 1. The summed E-state index contributed by atoms with van der Waals surface area (Å²) < 4.78 is 5.39. The van der Waals surface area contributed by atoms with Crippen molar-refractivity contribution in [3.05, 3.63) is 36.1 Å². The molecule has 0 spiro atoms. The van der Waals surface area contributed by atoms with Crippen molar-refractivity contribution in [3.63, 3.8) is 0 Å². The molecule has 0 bridgehead atoms. The molecule has 96 valence electrons. The number of nitrogens with two attached hydrogens (primary N) is 1. The van der Waals surface area contributed by atoms with Gasteiger partial charge < -0.3 is 20.2 Å². The second-order valence-corrected chi connectivity index (χ2v) is 4.20. The minimum atomic E-state index is -1.15. The standard InChI is InChI=1S/C13H16N2O3/c1-15(13(17)11(16)6-14)7-9-8-18-12-5-3-2-4-10(9)12/h2-5,8,11,16H,6-7,14H2,1H3. The van der Waals surface area contributed by atoms with Crippen LogP contribution in [0.4, 0.5) is 0 Å². The van der Waals surface area contributed by atoms with E-state index >= 15 is 0 Å². The maximum atomic E-state index is 11.7. The van der Waals surface area contributed by atoms with Crippen LogP contribution < -0.4 is 5.73 Å². The molecule has 1 amide bonds. The second-order valence-electron chi connectivity index (χ2n) is 4.20. The van der Waals surface area contributed by atoms with Crippen LogP contribution in [0.2, 0.25) is 0 Å². The highest BCUT2D eigenvalue weighted by Crippen LogP contribution is 2.21.